The third kappa shape index (κ3) is 5.72. The number of rotatable bonds is 7. The number of carbonyl (C=O) groups excluding carboxylic acids is 3. The summed E-state index contributed by atoms with van der Waals surface area (Å²) in [4.78, 5) is 42.3. The first-order valence-corrected chi connectivity index (χ1v) is 13.4. The third-order valence-corrected chi connectivity index (χ3v) is 7.19. The van der Waals surface area contributed by atoms with Gasteiger partial charge in [0.2, 0.25) is 0 Å². The fourth-order valence-corrected chi connectivity index (χ4v) is 4.97. The molecule has 228 valence electrons. The Bertz CT molecular complexity index is 1750. The molecule has 9 nitrogen and oxygen atoms in total. The average molecular weight is 610 g/mol. The van der Waals surface area contributed by atoms with E-state index in [1.807, 2.05) is 0 Å². The van der Waals surface area contributed by atoms with E-state index in [1.54, 1.807) is 32.3 Å². The molecule has 0 fully saturated rings. The molecule has 1 aromatic heterocycles. The molecule has 0 aliphatic carbocycles. The molecule has 0 atom stereocenters. The number of nitrogens with zero attached hydrogens (tertiary/aromatic N) is 4. The molecule has 1 aliphatic rings. The van der Waals surface area contributed by atoms with Crippen LogP contribution in [0, 0.1) is 5.82 Å². The summed E-state index contributed by atoms with van der Waals surface area (Å²) < 4.78 is 62.8. The van der Waals surface area contributed by atoms with Gasteiger partial charge in [0.1, 0.15) is 17.3 Å². The number of methoxy groups -OCH3 is 1. The van der Waals surface area contributed by atoms with Gasteiger partial charge in [-0.2, -0.15) is 18.3 Å². The topological polar surface area (TPSA) is 96.8 Å². The molecule has 5 rings (SSSR count). The summed E-state index contributed by atoms with van der Waals surface area (Å²) in [6.07, 6.45) is -5.05. The van der Waals surface area contributed by atoms with E-state index in [-0.39, 0.29) is 59.2 Å². The van der Waals surface area contributed by atoms with E-state index in [9.17, 15) is 31.9 Å². The van der Waals surface area contributed by atoms with E-state index < -0.39 is 29.5 Å². The Morgan fingerprint density at radius 3 is 2.39 bits per heavy atom. The van der Waals surface area contributed by atoms with Crippen LogP contribution >= 0.6 is 0 Å². The number of hydrogen-bond donors (Lipinski definition) is 1. The summed E-state index contributed by atoms with van der Waals surface area (Å²) in [6, 6.07) is 16.0. The molecule has 2 heterocycles. The van der Waals surface area contributed by atoms with Crippen LogP contribution in [0.1, 0.15) is 48.0 Å². The molecular formula is C31H27F4N5O4. The first-order chi connectivity index (χ1) is 20.9. The average Bonchev–Trinajstić information content (AvgIpc) is 3.41. The highest BCUT2D eigenvalue weighted by molar-refractivity contribution is 6.08. The zero-order chi connectivity index (χ0) is 31.8. The van der Waals surface area contributed by atoms with E-state index in [0.29, 0.717) is 11.3 Å². The van der Waals surface area contributed by atoms with Gasteiger partial charge >= 0.3 is 6.18 Å². The summed E-state index contributed by atoms with van der Waals surface area (Å²) in [5, 5.41) is 6.39. The number of alkyl halides is 3. The molecule has 0 bridgehead atoms. The molecule has 3 aromatic carbocycles. The third-order valence-electron chi connectivity index (χ3n) is 7.19. The van der Waals surface area contributed by atoms with E-state index in [0.717, 1.165) is 4.68 Å². The van der Waals surface area contributed by atoms with E-state index in [4.69, 9.17) is 4.74 Å². The van der Waals surface area contributed by atoms with Crippen LogP contribution in [0.25, 0.3) is 5.69 Å². The molecule has 0 spiro atoms. The molecular weight excluding hydrogens is 582 g/mol. The minimum Gasteiger partial charge on any atom is -0.497 e. The second kappa shape index (κ2) is 11.8. The number of aromatic nitrogens is 2. The smallest absolute Gasteiger partial charge is 0.435 e. The van der Waals surface area contributed by atoms with Gasteiger partial charge in [-0.25, -0.2) is 9.07 Å². The Morgan fingerprint density at radius 2 is 1.75 bits per heavy atom. The van der Waals surface area contributed by atoms with Crippen LogP contribution in [0.3, 0.4) is 0 Å². The van der Waals surface area contributed by atoms with E-state index >= 15 is 0 Å². The number of anilines is 1. The molecule has 3 amide bonds. The minimum atomic E-state index is -4.88. The summed E-state index contributed by atoms with van der Waals surface area (Å²) in [5.74, 6) is -2.09. The van der Waals surface area contributed by atoms with Crippen molar-refractivity contribution in [2.24, 2.45) is 0 Å². The lowest BCUT2D eigenvalue weighted by atomic mass is 10.0. The second-order valence-corrected chi connectivity index (χ2v) is 10.2. The molecule has 44 heavy (non-hydrogen) atoms. The van der Waals surface area contributed by atoms with Crippen molar-refractivity contribution >= 4 is 23.4 Å². The number of benzene rings is 3. The lowest BCUT2D eigenvalue weighted by Crippen LogP contribution is -2.39. The highest BCUT2D eigenvalue weighted by atomic mass is 19.4. The molecule has 0 radical (unpaired) electrons. The Balaban J connectivity index is 1.58. The van der Waals surface area contributed by atoms with Crippen molar-refractivity contribution in [2.75, 3.05) is 32.6 Å². The lowest BCUT2D eigenvalue weighted by molar-refractivity contribution is -0.141. The highest BCUT2D eigenvalue weighted by Gasteiger charge is 2.43. The van der Waals surface area contributed by atoms with E-state index in [1.165, 1.54) is 65.4 Å². The van der Waals surface area contributed by atoms with Gasteiger partial charge in [-0.3, -0.25) is 14.4 Å². The Hall–Kier alpha value is -5.20. The summed E-state index contributed by atoms with van der Waals surface area (Å²) in [7, 11) is 4.55. The van der Waals surface area contributed by atoms with E-state index in [2.05, 4.69) is 10.4 Å². The molecule has 4 aromatic rings. The predicted molar refractivity (Wildman–Crippen MR) is 153 cm³/mol. The normalized spacial score (nSPS) is 13.0. The Morgan fingerprint density at radius 1 is 1.05 bits per heavy atom. The largest absolute Gasteiger partial charge is 0.497 e. The van der Waals surface area contributed by atoms with Crippen LogP contribution in [-0.4, -0.2) is 60.2 Å². The molecule has 13 heteroatoms. The summed E-state index contributed by atoms with van der Waals surface area (Å²) in [6.45, 7) is -0.271. The van der Waals surface area contributed by atoms with Crippen molar-refractivity contribution < 1.29 is 36.7 Å². The molecule has 1 N–H and O–H groups in total. The molecule has 0 saturated heterocycles. The Kier molecular flexibility index (Phi) is 8.13. The zero-order valence-corrected chi connectivity index (χ0v) is 23.9. The van der Waals surface area contributed by atoms with Crippen LogP contribution in [-0.2, 0) is 19.1 Å². The van der Waals surface area contributed by atoms with Gasteiger partial charge in [0, 0.05) is 49.6 Å². The van der Waals surface area contributed by atoms with Gasteiger partial charge in [0.25, 0.3) is 17.7 Å². The lowest BCUT2D eigenvalue weighted by Gasteiger charge is -2.28. The standard InChI is InChI=1S/C31H27F4N5O4/c1-38(2)29(42)18-8-10-20(11-9-18)39-15-14-22-26(30(39)43)40(37-27(22)31(33,34)35)25-13-12-21(44-3)16-23(25)28(41)36-17-19-6-4-5-7-24(19)32/h4-13,16H,14-15,17H2,1-3H3,(H,36,41). The first-order valence-electron chi connectivity index (χ1n) is 13.4. The maximum atomic E-state index is 14.2. The minimum absolute atomic E-state index is 0.0693. The van der Waals surface area contributed by atoms with Crippen molar-refractivity contribution in [2.45, 2.75) is 19.1 Å². The number of halogens is 4. The quantitative estimate of drug-likeness (QED) is 0.302. The molecule has 1 aliphatic heterocycles. The number of ether oxygens (including phenoxy) is 1. The van der Waals surface area contributed by atoms with Gasteiger partial charge in [-0.15, -0.1) is 0 Å². The maximum absolute atomic E-state index is 14.2. The fourth-order valence-electron chi connectivity index (χ4n) is 4.97. The maximum Gasteiger partial charge on any atom is 0.435 e. The van der Waals surface area contributed by atoms with Gasteiger partial charge in [0.15, 0.2) is 5.69 Å². The van der Waals surface area contributed by atoms with Crippen molar-refractivity contribution in [3.8, 4) is 11.4 Å². The van der Waals surface area contributed by atoms with Crippen LogP contribution in [0.15, 0.2) is 66.7 Å². The zero-order valence-electron chi connectivity index (χ0n) is 23.9. The van der Waals surface area contributed by atoms with Crippen LogP contribution in [0.4, 0.5) is 23.2 Å². The SMILES string of the molecule is COc1ccc(-n2nc(C(F)(F)F)c3c2C(=O)N(c2ccc(C(=O)N(C)C)cc2)CC3)c(C(=O)NCc2ccccc2F)c1. The van der Waals surface area contributed by atoms with Crippen LogP contribution in [0.2, 0.25) is 0 Å². The first kappa shape index (κ1) is 30.3. The van der Waals surface area contributed by atoms with Gasteiger partial charge in [-0.05, 0) is 55.0 Å². The number of carbonyl (C=O) groups is 3. The molecule has 0 unspecified atom stereocenters. The van der Waals surface area contributed by atoms with Gasteiger partial charge in [-0.1, -0.05) is 18.2 Å². The Labute approximate surface area is 249 Å². The van der Waals surface area contributed by atoms with Crippen LogP contribution < -0.4 is 15.0 Å². The summed E-state index contributed by atoms with van der Waals surface area (Å²) in [5.41, 5.74) is -1.20. The number of hydrogen-bond acceptors (Lipinski definition) is 5. The fraction of sp³-hybridized carbons (Fsp3) is 0.226. The molecule has 0 saturated carbocycles. The van der Waals surface area contributed by atoms with Crippen molar-refractivity contribution in [3.05, 3.63) is 106 Å². The highest BCUT2D eigenvalue weighted by Crippen LogP contribution is 2.38. The van der Waals surface area contributed by atoms with Crippen LogP contribution in [0.5, 0.6) is 5.75 Å². The predicted octanol–water partition coefficient (Wildman–Crippen LogP) is 4.87. The van der Waals surface area contributed by atoms with Crippen molar-refractivity contribution in [3.63, 3.8) is 0 Å². The number of nitrogens with one attached hydrogen (secondary N) is 1. The van der Waals surface area contributed by atoms with Gasteiger partial charge in [0.05, 0.1) is 18.4 Å². The number of amides is 3. The van der Waals surface area contributed by atoms with Crippen molar-refractivity contribution in [1.82, 2.24) is 20.0 Å². The monoisotopic (exact) mass is 609 g/mol. The number of fused-ring (bicyclic) bond motifs is 1. The second-order valence-electron chi connectivity index (χ2n) is 10.2. The van der Waals surface area contributed by atoms with Crippen molar-refractivity contribution in [1.29, 1.82) is 0 Å². The van der Waals surface area contributed by atoms with Gasteiger partial charge < -0.3 is 19.9 Å². The summed E-state index contributed by atoms with van der Waals surface area (Å²) >= 11 is 0.